The molecular formula is C12H9BrF3N3OS. The van der Waals surface area contributed by atoms with Gasteiger partial charge >= 0.3 is 6.18 Å². The molecule has 1 aromatic heterocycles. The molecule has 0 atom stereocenters. The number of alkyl halides is 3. The van der Waals surface area contributed by atoms with Crippen LogP contribution in [0.3, 0.4) is 0 Å². The van der Waals surface area contributed by atoms with E-state index in [-0.39, 0.29) is 17.6 Å². The van der Waals surface area contributed by atoms with E-state index < -0.39 is 11.1 Å². The van der Waals surface area contributed by atoms with Crippen LogP contribution in [-0.2, 0) is 11.0 Å². The summed E-state index contributed by atoms with van der Waals surface area (Å²) in [5.41, 5.74) is 0.597. The summed E-state index contributed by atoms with van der Waals surface area (Å²) in [7, 11) is 0. The zero-order chi connectivity index (χ0) is 15.5. The molecule has 2 aromatic rings. The van der Waals surface area contributed by atoms with Gasteiger partial charge in [0.05, 0.1) is 12.7 Å². The maximum atomic E-state index is 12.4. The Kier molecular flexibility index (Phi) is 4.84. The van der Waals surface area contributed by atoms with Crippen molar-refractivity contribution < 1.29 is 18.0 Å². The summed E-state index contributed by atoms with van der Waals surface area (Å²) in [4.78, 5) is 14.4. The van der Waals surface area contributed by atoms with Gasteiger partial charge in [0.2, 0.25) is 5.91 Å². The highest BCUT2D eigenvalue weighted by Crippen LogP contribution is 2.34. The van der Waals surface area contributed by atoms with Gasteiger partial charge in [-0.25, -0.2) is 4.98 Å². The van der Waals surface area contributed by atoms with Crippen LogP contribution in [0.15, 0.2) is 34.9 Å². The van der Waals surface area contributed by atoms with Crippen molar-refractivity contribution in [3.8, 4) is 0 Å². The first-order valence-corrected chi connectivity index (χ1v) is 7.28. The van der Waals surface area contributed by atoms with Crippen molar-refractivity contribution >= 4 is 44.0 Å². The molecular weight excluding hydrogens is 371 g/mol. The summed E-state index contributed by atoms with van der Waals surface area (Å²) < 4.78 is 38.0. The first-order chi connectivity index (χ1) is 9.84. The first-order valence-electron chi connectivity index (χ1n) is 5.67. The number of thiazole rings is 1. The zero-order valence-electron chi connectivity index (χ0n) is 10.4. The van der Waals surface area contributed by atoms with Gasteiger partial charge in [-0.3, -0.25) is 4.79 Å². The molecule has 0 unspecified atom stereocenters. The average molecular weight is 380 g/mol. The van der Waals surface area contributed by atoms with Gasteiger partial charge in [-0.15, -0.1) is 0 Å². The number of halogens is 4. The van der Waals surface area contributed by atoms with Crippen LogP contribution in [0.2, 0.25) is 0 Å². The lowest BCUT2D eigenvalue weighted by atomic mass is 10.3. The molecule has 0 saturated carbocycles. The highest BCUT2D eigenvalue weighted by Gasteiger charge is 2.33. The molecule has 4 nitrogen and oxygen atoms in total. The predicted molar refractivity (Wildman–Crippen MR) is 78.4 cm³/mol. The molecule has 1 aromatic carbocycles. The molecule has 0 spiro atoms. The van der Waals surface area contributed by atoms with E-state index in [1.807, 2.05) is 0 Å². The third kappa shape index (κ3) is 4.71. The van der Waals surface area contributed by atoms with E-state index in [9.17, 15) is 18.0 Å². The maximum absolute atomic E-state index is 12.4. The molecule has 0 fully saturated rings. The van der Waals surface area contributed by atoms with Crippen LogP contribution in [-0.4, -0.2) is 17.4 Å². The fourth-order valence-electron chi connectivity index (χ4n) is 1.38. The quantitative estimate of drug-likeness (QED) is 0.844. The van der Waals surface area contributed by atoms with E-state index >= 15 is 0 Å². The van der Waals surface area contributed by atoms with Gasteiger partial charge in [-0.05, 0) is 24.3 Å². The van der Waals surface area contributed by atoms with E-state index in [4.69, 9.17) is 0 Å². The normalized spacial score (nSPS) is 11.2. The van der Waals surface area contributed by atoms with Crippen molar-refractivity contribution in [1.29, 1.82) is 0 Å². The first kappa shape index (κ1) is 15.8. The van der Waals surface area contributed by atoms with Crippen molar-refractivity contribution in [3.63, 3.8) is 0 Å². The molecule has 21 heavy (non-hydrogen) atoms. The molecule has 2 rings (SSSR count). The number of benzene rings is 1. The largest absolute Gasteiger partial charge is 0.427 e. The number of nitrogens with one attached hydrogen (secondary N) is 2. The average Bonchev–Trinajstić information content (AvgIpc) is 2.88. The van der Waals surface area contributed by atoms with Gasteiger partial charge in [-0.2, -0.15) is 13.2 Å². The predicted octanol–water partition coefficient (Wildman–Crippen LogP) is 3.98. The van der Waals surface area contributed by atoms with Crippen LogP contribution in [0.5, 0.6) is 0 Å². The number of aromatic nitrogens is 1. The molecule has 0 bridgehead atoms. The second-order valence-corrected chi connectivity index (χ2v) is 5.88. The third-order valence-electron chi connectivity index (χ3n) is 2.31. The Labute approximate surface area is 130 Å². The molecule has 1 amide bonds. The Balaban J connectivity index is 1.86. The highest BCUT2D eigenvalue weighted by atomic mass is 79.9. The number of carbonyl (C=O) groups is 1. The van der Waals surface area contributed by atoms with Crippen molar-refractivity contribution in [3.05, 3.63) is 39.8 Å². The van der Waals surface area contributed by atoms with Gasteiger partial charge in [0.1, 0.15) is 4.88 Å². The molecule has 0 aliphatic heterocycles. The lowest BCUT2D eigenvalue weighted by Gasteiger charge is -2.06. The number of rotatable bonds is 4. The molecule has 2 N–H and O–H groups in total. The van der Waals surface area contributed by atoms with Crippen LogP contribution in [0.4, 0.5) is 24.0 Å². The third-order valence-corrected chi connectivity index (χ3v) is 3.84. The Morgan fingerprint density at radius 3 is 2.52 bits per heavy atom. The highest BCUT2D eigenvalue weighted by molar-refractivity contribution is 9.10. The van der Waals surface area contributed by atoms with Gasteiger partial charge < -0.3 is 10.6 Å². The van der Waals surface area contributed by atoms with Crippen LogP contribution in [0.1, 0.15) is 4.88 Å². The van der Waals surface area contributed by atoms with Crippen LogP contribution < -0.4 is 10.6 Å². The summed E-state index contributed by atoms with van der Waals surface area (Å²) >= 11 is 3.72. The van der Waals surface area contributed by atoms with E-state index in [0.29, 0.717) is 17.0 Å². The minimum atomic E-state index is -4.42. The van der Waals surface area contributed by atoms with Crippen molar-refractivity contribution in [2.45, 2.75) is 6.18 Å². The minimum absolute atomic E-state index is 0.0493. The lowest BCUT2D eigenvalue weighted by molar-refractivity contribution is -0.134. The Hall–Kier alpha value is -1.61. The van der Waals surface area contributed by atoms with Crippen molar-refractivity contribution in [1.82, 2.24) is 4.98 Å². The number of hydrogen-bond acceptors (Lipinski definition) is 4. The monoisotopic (exact) mass is 379 g/mol. The molecule has 0 radical (unpaired) electrons. The molecule has 0 aliphatic carbocycles. The Bertz CT molecular complexity index is 627. The Morgan fingerprint density at radius 1 is 1.29 bits per heavy atom. The van der Waals surface area contributed by atoms with Gasteiger partial charge in [0, 0.05) is 10.2 Å². The molecule has 0 saturated heterocycles. The van der Waals surface area contributed by atoms with Crippen LogP contribution >= 0.6 is 27.3 Å². The zero-order valence-corrected chi connectivity index (χ0v) is 12.8. The molecule has 112 valence electrons. The van der Waals surface area contributed by atoms with Gasteiger partial charge in [-0.1, -0.05) is 27.3 Å². The van der Waals surface area contributed by atoms with Gasteiger partial charge in [0.25, 0.3) is 0 Å². The van der Waals surface area contributed by atoms with Crippen molar-refractivity contribution in [2.24, 2.45) is 0 Å². The summed E-state index contributed by atoms with van der Waals surface area (Å²) in [6, 6.07) is 6.93. The number of amides is 1. The standard InChI is InChI=1S/C12H9BrF3N3OS/c13-7-1-3-8(4-2-7)19-10(20)6-18-11-17-5-9(21-11)12(14,15)16/h1-5H,6H2,(H,17,18)(H,19,20). The van der Waals surface area contributed by atoms with Crippen molar-refractivity contribution in [2.75, 3.05) is 17.2 Å². The summed E-state index contributed by atoms with van der Waals surface area (Å²) in [6.07, 6.45) is -3.68. The SMILES string of the molecule is O=C(CNc1ncc(C(F)(F)F)s1)Nc1ccc(Br)cc1. The molecule has 0 aliphatic rings. The molecule has 1 heterocycles. The molecule has 9 heteroatoms. The fraction of sp³-hybridized carbons (Fsp3) is 0.167. The summed E-state index contributed by atoms with van der Waals surface area (Å²) in [5.74, 6) is -0.374. The second-order valence-electron chi connectivity index (χ2n) is 3.94. The topological polar surface area (TPSA) is 54.0 Å². The van der Waals surface area contributed by atoms with E-state index in [1.165, 1.54) is 0 Å². The summed E-state index contributed by atoms with van der Waals surface area (Å²) in [6.45, 7) is -0.166. The van der Waals surface area contributed by atoms with Crippen LogP contribution in [0, 0.1) is 0 Å². The number of hydrogen-bond donors (Lipinski definition) is 2. The maximum Gasteiger partial charge on any atom is 0.427 e. The number of anilines is 2. The van der Waals surface area contributed by atoms with Gasteiger partial charge in [0.15, 0.2) is 5.13 Å². The number of nitrogens with zero attached hydrogens (tertiary/aromatic N) is 1. The number of carbonyl (C=O) groups excluding carboxylic acids is 1. The van der Waals surface area contributed by atoms with E-state index in [0.717, 1.165) is 10.7 Å². The summed E-state index contributed by atoms with van der Waals surface area (Å²) in [5, 5.41) is 5.21. The van der Waals surface area contributed by atoms with Crippen LogP contribution in [0.25, 0.3) is 0 Å². The smallest absolute Gasteiger partial charge is 0.352 e. The van der Waals surface area contributed by atoms with E-state index in [2.05, 4.69) is 31.5 Å². The minimum Gasteiger partial charge on any atom is -0.352 e. The fourth-order valence-corrected chi connectivity index (χ4v) is 2.32. The lowest BCUT2D eigenvalue weighted by Crippen LogP contribution is -2.21. The van der Waals surface area contributed by atoms with E-state index in [1.54, 1.807) is 24.3 Å². The Morgan fingerprint density at radius 2 is 1.95 bits per heavy atom. The second kappa shape index (κ2) is 6.44.